The van der Waals surface area contributed by atoms with Gasteiger partial charge in [0, 0.05) is 12.0 Å². The summed E-state index contributed by atoms with van der Waals surface area (Å²) in [4.78, 5) is 7.31. The van der Waals surface area contributed by atoms with E-state index in [0.717, 1.165) is 18.6 Å². The van der Waals surface area contributed by atoms with Crippen LogP contribution in [0.1, 0.15) is 31.7 Å². The van der Waals surface area contributed by atoms with Crippen LogP contribution in [-0.4, -0.2) is 16.5 Å². The van der Waals surface area contributed by atoms with Gasteiger partial charge in [0.1, 0.15) is 5.82 Å². The predicted molar refractivity (Wildman–Crippen MR) is 67.8 cm³/mol. The molecule has 0 saturated carbocycles. The Bertz CT molecular complexity index is 582. The first kappa shape index (κ1) is 13.9. The lowest BCUT2D eigenvalue weighted by atomic mass is 9.87. The molecule has 0 aliphatic carbocycles. The first-order chi connectivity index (χ1) is 8.80. The third-order valence-corrected chi connectivity index (χ3v) is 3.61. The van der Waals surface area contributed by atoms with Gasteiger partial charge in [0.25, 0.3) is 0 Å². The van der Waals surface area contributed by atoms with Crippen molar-refractivity contribution in [3.63, 3.8) is 0 Å². The second-order valence-corrected chi connectivity index (χ2v) is 4.93. The molecule has 104 valence electrons. The summed E-state index contributed by atoms with van der Waals surface area (Å²) in [6, 6.07) is 3.50. The summed E-state index contributed by atoms with van der Waals surface area (Å²) in [5, 5.41) is 0. The minimum absolute atomic E-state index is 0.350. The number of aromatic amines is 1. The van der Waals surface area contributed by atoms with Gasteiger partial charge in [-0.05, 0) is 24.6 Å². The zero-order valence-electron chi connectivity index (χ0n) is 10.8. The first-order valence-electron chi connectivity index (χ1n) is 6.07. The standard InChI is InChI=1S/C13H16F3N3/c1-3-12(2,7-17)11-18-9-5-4-8(13(14,15)16)6-10(9)19-11/h4-6H,3,7,17H2,1-2H3,(H,18,19). The predicted octanol–water partition coefficient (Wildman–Crippen LogP) is 3.21. The van der Waals surface area contributed by atoms with Gasteiger partial charge in [0.15, 0.2) is 0 Å². The number of imidazole rings is 1. The van der Waals surface area contributed by atoms with Crippen LogP contribution in [0.2, 0.25) is 0 Å². The molecule has 2 rings (SSSR count). The van der Waals surface area contributed by atoms with Gasteiger partial charge in [-0.25, -0.2) is 4.98 Å². The van der Waals surface area contributed by atoms with E-state index >= 15 is 0 Å². The number of alkyl halides is 3. The highest BCUT2D eigenvalue weighted by atomic mass is 19.4. The lowest BCUT2D eigenvalue weighted by molar-refractivity contribution is -0.137. The molecule has 0 aliphatic heterocycles. The molecule has 0 bridgehead atoms. The molecule has 1 atom stereocenters. The smallest absolute Gasteiger partial charge is 0.341 e. The molecule has 1 heterocycles. The van der Waals surface area contributed by atoms with E-state index in [9.17, 15) is 13.2 Å². The van der Waals surface area contributed by atoms with Crippen molar-refractivity contribution < 1.29 is 13.2 Å². The maximum Gasteiger partial charge on any atom is 0.416 e. The fourth-order valence-electron chi connectivity index (χ4n) is 1.88. The maximum absolute atomic E-state index is 12.6. The Morgan fingerprint density at radius 1 is 1.32 bits per heavy atom. The Morgan fingerprint density at radius 3 is 2.53 bits per heavy atom. The second-order valence-electron chi connectivity index (χ2n) is 4.93. The Morgan fingerprint density at radius 2 is 2.00 bits per heavy atom. The summed E-state index contributed by atoms with van der Waals surface area (Å²) < 4.78 is 37.9. The first-order valence-corrected chi connectivity index (χ1v) is 6.07. The van der Waals surface area contributed by atoms with Crippen molar-refractivity contribution in [3.05, 3.63) is 29.6 Å². The number of rotatable bonds is 3. The Kier molecular flexibility index (Phi) is 3.30. The molecule has 2 aromatic rings. The largest absolute Gasteiger partial charge is 0.416 e. The summed E-state index contributed by atoms with van der Waals surface area (Å²) >= 11 is 0. The highest BCUT2D eigenvalue weighted by Gasteiger charge is 2.31. The number of hydrogen-bond donors (Lipinski definition) is 2. The highest BCUT2D eigenvalue weighted by molar-refractivity contribution is 5.76. The van der Waals surface area contributed by atoms with Crippen LogP contribution < -0.4 is 5.73 Å². The van der Waals surface area contributed by atoms with Crippen LogP contribution in [-0.2, 0) is 11.6 Å². The minimum atomic E-state index is -4.35. The molecule has 3 nitrogen and oxygen atoms in total. The van der Waals surface area contributed by atoms with Gasteiger partial charge in [-0.2, -0.15) is 13.2 Å². The number of nitrogens with one attached hydrogen (secondary N) is 1. The molecular formula is C13H16F3N3. The molecule has 1 aromatic carbocycles. The number of fused-ring (bicyclic) bond motifs is 1. The lowest BCUT2D eigenvalue weighted by Crippen LogP contribution is -2.32. The molecule has 6 heteroatoms. The normalized spacial score (nSPS) is 15.7. The highest BCUT2D eigenvalue weighted by Crippen LogP contribution is 2.32. The van der Waals surface area contributed by atoms with E-state index in [0.29, 0.717) is 23.4 Å². The van der Waals surface area contributed by atoms with Crippen LogP contribution in [0.5, 0.6) is 0 Å². The van der Waals surface area contributed by atoms with Gasteiger partial charge in [0.05, 0.1) is 16.6 Å². The SMILES string of the molecule is CCC(C)(CN)c1nc2ccc(C(F)(F)F)cc2[nH]1. The van der Waals surface area contributed by atoms with Crippen LogP contribution in [0.4, 0.5) is 13.2 Å². The van der Waals surface area contributed by atoms with Crippen molar-refractivity contribution >= 4 is 11.0 Å². The molecular weight excluding hydrogens is 255 g/mol. The fourth-order valence-corrected chi connectivity index (χ4v) is 1.88. The number of halogens is 3. The molecule has 3 N–H and O–H groups in total. The van der Waals surface area contributed by atoms with Crippen molar-refractivity contribution in [1.29, 1.82) is 0 Å². The zero-order chi connectivity index (χ0) is 14.3. The molecule has 1 aromatic heterocycles. The van der Waals surface area contributed by atoms with Crippen LogP contribution in [0.25, 0.3) is 11.0 Å². The summed E-state index contributed by atoms with van der Waals surface area (Å²) in [5.74, 6) is 0.631. The molecule has 0 saturated heterocycles. The Balaban J connectivity index is 2.52. The van der Waals surface area contributed by atoms with Gasteiger partial charge in [-0.15, -0.1) is 0 Å². The fraction of sp³-hybridized carbons (Fsp3) is 0.462. The van der Waals surface area contributed by atoms with Crippen LogP contribution in [0.15, 0.2) is 18.2 Å². The van der Waals surface area contributed by atoms with E-state index in [2.05, 4.69) is 9.97 Å². The molecule has 0 fully saturated rings. The number of aromatic nitrogens is 2. The van der Waals surface area contributed by atoms with E-state index in [1.165, 1.54) is 6.07 Å². The molecule has 1 unspecified atom stereocenters. The van der Waals surface area contributed by atoms with E-state index in [-0.39, 0.29) is 5.41 Å². The summed E-state index contributed by atoms with van der Waals surface area (Å²) in [6.45, 7) is 4.30. The Labute approximate surface area is 109 Å². The van der Waals surface area contributed by atoms with Gasteiger partial charge in [-0.3, -0.25) is 0 Å². The number of benzene rings is 1. The third kappa shape index (κ3) is 2.45. The molecule has 0 aliphatic rings. The maximum atomic E-state index is 12.6. The van der Waals surface area contributed by atoms with Crippen molar-refractivity contribution in [2.24, 2.45) is 5.73 Å². The molecule has 0 radical (unpaired) electrons. The van der Waals surface area contributed by atoms with E-state index in [4.69, 9.17) is 5.73 Å². The van der Waals surface area contributed by atoms with Gasteiger partial charge < -0.3 is 10.7 Å². The quantitative estimate of drug-likeness (QED) is 0.900. The van der Waals surface area contributed by atoms with Gasteiger partial charge >= 0.3 is 6.18 Å². The summed E-state index contributed by atoms with van der Waals surface area (Å²) in [7, 11) is 0. The minimum Gasteiger partial charge on any atom is -0.341 e. The van der Waals surface area contributed by atoms with Gasteiger partial charge in [-0.1, -0.05) is 13.8 Å². The summed E-state index contributed by atoms with van der Waals surface area (Å²) in [6.07, 6.45) is -3.59. The molecule has 0 spiro atoms. The van der Waals surface area contributed by atoms with E-state index in [1.54, 1.807) is 0 Å². The Hall–Kier alpha value is -1.56. The third-order valence-electron chi connectivity index (χ3n) is 3.61. The van der Waals surface area contributed by atoms with Crippen molar-refractivity contribution in [2.45, 2.75) is 31.9 Å². The van der Waals surface area contributed by atoms with Gasteiger partial charge in [0.2, 0.25) is 0 Å². The van der Waals surface area contributed by atoms with E-state index < -0.39 is 11.7 Å². The average molecular weight is 271 g/mol. The topological polar surface area (TPSA) is 54.7 Å². The monoisotopic (exact) mass is 271 g/mol. The zero-order valence-corrected chi connectivity index (χ0v) is 10.8. The summed E-state index contributed by atoms with van der Waals surface area (Å²) in [5.41, 5.74) is 5.61. The van der Waals surface area contributed by atoms with E-state index in [1.807, 2.05) is 13.8 Å². The second kappa shape index (κ2) is 4.52. The molecule has 19 heavy (non-hydrogen) atoms. The van der Waals surface area contributed by atoms with Crippen molar-refractivity contribution in [1.82, 2.24) is 9.97 Å². The van der Waals surface area contributed by atoms with Crippen LogP contribution in [0.3, 0.4) is 0 Å². The van der Waals surface area contributed by atoms with Crippen molar-refractivity contribution in [2.75, 3.05) is 6.54 Å². The van der Waals surface area contributed by atoms with Crippen LogP contribution in [0, 0.1) is 0 Å². The van der Waals surface area contributed by atoms with Crippen LogP contribution >= 0.6 is 0 Å². The molecule has 0 amide bonds. The average Bonchev–Trinajstić information content (AvgIpc) is 2.80. The number of hydrogen-bond acceptors (Lipinski definition) is 2. The number of nitrogens with zero attached hydrogens (tertiary/aromatic N) is 1. The lowest BCUT2D eigenvalue weighted by Gasteiger charge is -2.23. The number of H-pyrrole nitrogens is 1. The number of nitrogens with two attached hydrogens (primary N) is 1. The van der Waals surface area contributed by atoms with Crippen molar-refractivity contribution in [3.8, 4) is 0 Å².